The Morgan fingerprint density at radius 3 is 2.74 bits per heavy atom. The van der Waals surface area contributed by atoms with Gasteiger partial charge < -0.3 is 47.3 Å². The van der Waals surface area contributed by atoms with Crippen LogP contribution in [0.2, 0.25) is 0 Å². The van der Waals surface area contributed by atoms with E-state index in [0.717, 1.165) is 12.0 Å². The first-order valence-electron chi connectivity index (χ1n) is 13.7. The van der Waals surface area contributed by atoms with E-state index in [-0.39, 0.29) is 41.7 Å². The summed E-state index contributed by atoms with van der Waals surface area (Å²) in [6.07, 6.45) is 2.28. The minimum absolute atomic E-state index is 0.0350. The average Bonchev–Trinajstić information content (AvgIpc) is 3.40. The summed E-state index contributed by atoms with van der Waals surface area (Å²) in [5.41, 5.74) is 11.8. The highest BCUT2D eigenvalue weighted by atomic mass is 16.5. The number of nitrogens with two attached hydrogens (primary N) is 2. The van der Waals surface area contributed by atoms with E-state index in [1.165, 1.54) is 17.2 Å². The zero-order chi connectivity index (χ0) is 30.0. The number of guanidine groups is 2. The number of carbonyl (C=O) groups excluding carboxylic acids is 2. The third kappa shape index (κ3) is 4.10. The highest BCUT2D eigenvalue weighted by molar-refractivity contribution is 5.98. The van der Waals surface area contributed by atoms with Crippen molar-refractivity contribution in [2.75, 3.05) is 19.7 Å². The minimum atomic E-state index is -2.63. The van der Waals surface area contributed by atoms with Crippen LogP contribution in [0.15, 0.2) is 40.4 Å². The predicted molar refractivity (Wildman–Crippen MR) is 150 cm³/mol. The lowest BCUT2D eigenvalue weighted by molar-refractivity contribution is -0.230. The molecule has 1 unspecified atom stereocenters. The molecule has 9 N–H and O–H groups in total. The van der Waals surface area contributed by atoms with Gasteiger partial charge in [0, 0.05) is 24.8 Å². The fraction of sp³-hybridized carbons (Fsp3) is 0.481. The Morgan fingerprint density at radius 1 is 1.19 bits per heavy atom. The van der Waals surface area contributed by atoms with Crippen LogP contribution in [0.3, 0.4) is 0 Å². The van der Waals surface area contributed by atoms with E-state index < -0.39 is 41.4 Å². The van der Waals surface area contributed by atoms with Crippen molar-refractivity contribution < 1.29 is 24.5 Å². The summed E-state index contributed by atoms with van der Waals surface area (Å²) in [5.74, 6) is -2.83. The zero-order valence-electron chi connectivity index (χ0n) is 23.5. The molecule has 4 atom stereocenters. The van der Waals surface area contributed by atoms with Gasteiger partial charge in [-0.05, 0) is 30.9 Å². The van der Waals surface area contributed by atoms with Crippen molar-refractivity contribution in [3.63, 3.8) is 0 Å². The maximum Gasteiger partial charge on any atom is 0.270 e. The van der Waals surface area contributed by atoms with E-state index in [4.69, 9.17) is 16.2 Å². The number of hydrogen-bond acceptors (Lipinski definition) is 13. The van der Waals surface area contributed by atoms with Crippen LogP contribution in [0.4, 0.5) is 0 Å². The molecule has 4 aliphatic rings. The number of aliphatic imine (C=N–C) groups is 2. The van der Waals surface area contributed by atoms with Crippen molar-refractivity contribution in [2.45, 2.75) is 62.2 Å². The second-order valence-corrected chi connectivity index (χ2v) is 11.6. The van der Waals surface area contributed by atoms with Gasteiger partial charge in [-0.15, -0.1) is 0 Å². The molecule has 0 aliphatic carbocycles. The Balaban J connectivity index is 1.26. The molecule has 42 heavy (non-hydrogen) atoms. The quantitative estimate of drug-likeness (QED) is 0.193. The van der Waals surface area contributed by atoms with Crippen LogP contribution in [0.1, 0.15) is 52.5 Å². The fourth-order valence-corrected chi connectivity index (χ4v) is 6.31. The van der Waals surface area contributed by atoms with Crippen LogP contribution in [-0.2, 0) is 5.41 Å². The zero-order valence-corrected chi connectivity index (χ0v) is 23.5. The number of aromatic nitrogens is 2. The lowest BCUT2D eigenvalue weighted by atomic mass is 9.79. The molecule has 15 heteroatoms. The van der Waals surface area contributed by atoms with Gasteiger partial charge in [-0.2, -0.15) is 0 Å². The molecule has 1 fully saturated rings. The summed E-state index contributed by atoms with van der Waals surface area (Å²) >= 11 is 0. The monoisotopic (exact) mass is 578 g/mol. The number of fused-ring (bicyclic) bond motifs is 1. The Bertz CT molecular complexity index is 1520. The highest BCUT2D eigenvalue weighted by Gasteiger charge is 2.73. The summed E-state index contributed by atoms with van der Waals surface area (Å²) in [6.45, 7) is 6.13. The van der Waals surface area contributed by atoms with Gasteiger partial charge in [0.15, 0.2) is 17.6 Å². The molecule has 2 amide bonds. The number of aryl methyl sites for hydroxylation is 1. The number of carbonyl (C=O) groups is 2. The standard InChI is InChI=1S/C27H34N10O5/c1-13-30-9-7-16(32-13)22(39)31-11-17-20-26(36-23(28)35-20)27(40,41)18(12-37(26)24(29)33-17)34-21(38)14-5-4-6-15-19(14)42-10-8-25(15,2)3/h4-7,9,17-18,20,40-41H,8,10-12H2,1-3H3,(H2,29,33)(H,31,39)(H,34,38)(H3,28,35,36)/t17-,18?,20-,26-/m0/s1. The van der Waals surface area contributed by atoms with Crippen molar-refractivity contribution in [1.82, 2.24) is 30.8 Å². The van der Waals surface area contributed by atoms with Crippen LogP contribution < -0.4 is 32.2 Å². The first kappa shape index (κ1) is 27.7. The van der Waals surface area contributed by atoms with Gasteiger partial charge in [0.2, 0.25) is 5.79 Å². The van der Waals surface area contributed by atoms with Gasteiger partial charge in [0.05, 0.1) is 18.2 Å². The first-order chi connectivity index (χ1) is 19.8. The minimum Gasteiger partial charge on any atom is -0.492 e. The maximum absolute atomic E-state index is 13.6. The average molecular weight is 579 g/mol. The number of aliphatic hydroxyl groups is 2. The SMILES string of the molecule is Cc1nccc(C(=O)NC[C@@H]2N=C(N)N3CC(NC(=O)c4cccc5c4OCCC5(C)C)C(O)(O)[C@@]34NC(N)=N[C@@H]24)n1. The number of hydrogen-bond donors (Lipinski definition) is 7. The van der Waals surface area contributed by atoms with E-state index in [2.05, 4.69) is 49.8 Å². The van der Waals surface area contributed by atoms with Crippen LogP contribution in [0.5, 0.6) is 5.75 Å². The Kier molecular flexibility index (Phi) is 6.27. The maximum atomic E-state index is 13.6. The van der Waals surface area contributed by atoms with Gasteiger partial charge in [0.25, 0.3) is 11.8 Å². The molecule has 0 radical (unpaired) electrons. The number of para-hydroxylation sites is 1. The second kappa shape index (κ2) is 9.52. The topological polar surface area (TPSA) is 226 Å². The Hall–Kier alpha value is -4.50. The van der Waals surface area contributed by atoms with Gasteiger partial charge in [-0.25, -0.2) is 20.0 Å². The molecule has 1 saturated heterocycles. The number of nitrogens with one attached hydrogen (secondary N) is 3. The summed E-state index contributed by atoms with van der Waals surface area (Å²) in [4.78, 5) is 44.8. The van der Waals surface area contributed by atoms with E-state index >= 15 is 0 Å². The molecule has 2 aromatic rings. The molecule has 1 spiro atoms. The van der Waals surface area contributed by atoms with Crippen molar-refractivity contribution in [3.8, 4) is 5.75 Å². The Labute approximate surface area is 241 Å². The number of amides is 2. The highest BCUT2D eigenvalue weighted by Crippen LogP contribution is 2.45. The molecule has 4 aliphatic heterocycles. The second-order valence-electron chi connectivity index (χ2n) is 11.6. The number of benzene rings is 1. The van der Waals surface area contributed by atoms with Gasteiger partial charge >= 0.3 is 0 Å². The largest absolute Gasteiger partial charge is 0.492 e. The summed E-state index contributed by atoms with van der Waals surface area (Å²) in [7, 11) is 0. The van der Waals surface area contributed by atoms with E-state index in [0.29, 0.717) is 18.2 Å². The number of nitrogens with zero attached hydrogens (tertiary/aromatic N) is 5. The van der Waals surface area contributed by atoms with Gasteiger partial charge in [-0.3, -0.25) is 9.59 Å². The van der Waals surface area contributed by atoms with Crippen molar-refractivity contribution in [1.29, 1.82) is 0 Å². The molecule has 6 rings (SSSR count). The Morgan fingerprint density at radius 2 is 1.98 bits per heavy atom. The lowest BCUT2D eigenvalue weighted by Gasteiger charge is -2.49. The normalized spacial score (nSPS) is 28.2. The molecule has 0 saturated carbocycles. The summed E-state index contributed by atoms with van der Waals surface area (Å²) in [6, 6.07) is 3.77. The molecule has 0 bridgehead atoms. The van der Waals surface area contributed by atoms with Crippen LogP contribution in [0, 0.1) is 6.92 Å². The number of rotatable bonds is 5. The molecule has 15 nitrogen and oxygen atoms in total. The van der Waals surface area contributed by atoms with E-state index in [1.807, 2.05) is 6.07 Å². The van der Waals surface area contributed by atoms with Crippen molar-refractivity contribution >= 4 is 23.7 Å². The fourth-order valence-electron chi connectivity index (χ4n) is 6.31. The molecule has 5 heterocycles. The van der Waals surface area contributed by atoms with Crippen LogP contribution in [0.25, 0.3) is 0 Å². The molecular formula is C27H34N10O5. The molecule has 1 aromatic carbocycles. The first-order valence-corrected chi connectivity index (χ1v) is 13.7. The van der Waals surface area contributed by atoms with Crippen LogP contribution >= 0.6 is 0 Å². The summed E-state index contributed by atoms with van der Waals surface area (Å²) in [5, 5.41) is 31.9. The molecule has 222 valence electrons. The summed E-state index contributed by atoms with van der Waals surface area (Å²) < 4.78 is 5.90. The van der Waals surface area contributed by atoms with E-state index in [1.54, 1.807) is 19.1 Å². The van der Waals surface area contributed by atoms with Crippen LogP contribution in [-0.4, -0.2) is 98.1 Å². The van der Waals surface area contributed by atoms with Gasteiger partial charge in [-0.1, -0.05) is 26.0 Å². The van der Waals surface area contributed by atoms with Crippen molar-refractivity contribution in [2.24, 2.45) is 21.5 Å². The third-order valence-corrected chi connectivity index (χ3v) is 8.55. The van der Waals surface area contributed by atoms with Crippen molar-refractivity contribution in [3.05, 3.63) is 53.1 Å². The molecular weight excluding hydrogens is 544 g/mol. The predicted octanol–water partition coefficient (Wildman–Crippen LogP) is -1.95. The van der Waals surface area contributed by atoms with E-state index in [9.17, 15) is 19.8 Å². The smallest absolute Gasteiger partial charge is 0.270 e. The molecule has 1 aromatic heterocycles. The third-order valence-electron chi connectivity index (χ3n) is 8.55. The van der Waals surface area contributed by atoms with Gasteiger partial charge in [0.1, 0.15) is 29.4 Å². The lowest BCUT2D eigenvalue weighted by Crippen LogP contribution is -2.78. The number of ether oxygens (including phenoxy) is 1.